The quantitative estimate of drug-likeness (QED) is 0.829. The number of imidazole rings is 1. The lowest BCUT2D eigenvalue weighted by atomic mass is 10.4. The first-order valence-electron chi connectivity index (χ1n) is 4.77. The molecule has 0 unspecified atom stereocenters. The van der Waals surface area contributed by atoms with Crippen LogP contribution in [-0.2, 0) is 13.6 Å². The number of hydrogen-bond acceptors (Lipinski definition) is 3. The van der Waals surface area contributed by atoms with Crippen molar-refractivity contribution in [3.63, 3.8) is 0 Å². The molecule has 2 aromatic heterocycles. The first kappa shape index (κ1) is 11.1. The van der Waals surface area contributed by atoms with E-state index in [9.17, 15) is 4.79 Å². The van der Waals surface area contributed by atoms with Crippen molar-refractivity contribution in [3.8, 4) is 0 Å². The summed E-state index contributed by atoms with van der Waals surface area (Å²) in [5.74, 6) is 0.819. The maximum Gasteiger partial charge on any atom is 0.268 e. The van der Waals surface area contributed by atoms with Crippen LogP contribution in [0, 0.1) is 6.92 Å². The van der Waals surface area contributed by atoms with Gasteiger partial charge in [-0.2, -0.15) is 0 Å². The second-order valence-corrected chi connectivity index (χ2v) is 4.32. The van der Waals surface area contributed by atoms with Gasteiger partial charge in [-0.05, 0) is 22.9 Å². The largest absolute Gasteiger partial charge is 0.337 e. The number of halogens is 1. The van der Waals surface area contributed by atoms with Crippen LogP contribution in [0.5, 0.6) is 0 Å². The molecule has 0 radical (unpaired) electrons. The highest BCUT2D eigenvalue weighted by molar-refractivity contribution is 9.10. The summed E-state index contributed by atoms with van der Waals surface area (Å²) in [7, 11) is 1.89. The average molecular weight is 283 g/mol. The van der Waals surface area contributed by atoms with Gasteiger partial charge in [0.15, 0.2) is 0 Å². The molecule has 0 N–H and O–H groups in total. The van der Waals surface area contributed by atoms with Crippen LogP contribution in [0.2, 0.25) is 0 Å². The van der Waals surface area contributed by atoms with Crippen LogP contribution in [-0.4, -0.2) is 19.1 Å². The third-order valence-electron chi connectivity index (χ3n) is 2.39. The molecule has 84 valence electrons. The molecule has 2 rings (SSSR count). The summed E-state index contributed by atoms with van der Waals surface area (Å²) in [5.41, 5.74) is 0.608. The molecule has 0 saturated heterocycles. The van der Waals surface area contributed by atoms with Gasteiger partial charge in [-0.25, -0.2) is 9.97 Å². The molecule has 0 aromatic carbocycles. The van der Waals surface area contributed by atoms with Gasteiger partial charge in [0, 0.05) is 19.4 Å². The van der Waals surface area contributed by atoms with Gasteiger partial charge in [-0.3, -0.25) is 9.36 Å². The Balaban J connectivity index is 2.40. The van der Waals surface area contributed by atoms with Crippen molar-refractivity contribution in [2.24, 2.45) is 7.05 Å². The Kier molecular flexibility index (Phi) is 2.91. The van der Waals surface area contributed by atoms with E-state index in [2.05, 4.69) is 25.9 Å². The second kappa shape index (κ2) is 4.21. The topological polar surface area (TPSA) is 52.7 Å². The zero-order valence-corrected chi connectivity index (χ0v) is 10.6. The molecule has 2 aromatic rings. The van der Waals surface area contributed by atoms with Crippen molar-refractivity contribution in [3.05, 3.63) is 45.1 Å². The molecule has 0 atom stereocenters. The Labute approximate surface area is 101 Å². The SMILES string of the molecule is Cc1ncn(Cc2nccn2C)c(=O)c1Br. The fourth-order valence-electron chi connectivity index (χ4n) is 1.36. The Morgan fingerprint density at radius 3 is 2.81 bits per heavy atom. The molecular weight excluding hydrogens is 272 g/mol. The van der Waals surface area contributed by atoms with E-state index in [1.165, 1.54) is 10.9 Å². The molecule has 0 aliphatic carbocycles. The molecule has 16 heavy (non-hydrogen) atoms. The van der Waals surface area contributed by atoms with Crippen LogP contribution in [0.15, 0.2) is 28.0 Å². The molecule has 6 heteroatoms. The Morgan fingerprint density at radius 1 is 1.44 bits per heavy atom. The lowest BCUT2D eigenvalue weighted by Crippen LogP contribution is -2.23. The average Bonchev–Trinajstić information content (AvgIpc) is 2.65. The van der Waals surface area contributed by atoms with Gasteiger partial charge in [0.05, 0.1) is 18.6 Å². The summed E-state index contributed by atoms with van der Waals surface area (Å²) in [4.78, 5) is 20.2. The monoisotopic (exact) mass is 282 g/mol. The predicted molar refractivity (Wildman–Crippen MR) is 63.2 cm³/mol. The first-order chi connectivity index (χ1) is 7.59. The molecular formula is C10H11BrN4O. The van der Waals surface area contributed by atoms with E-state index in [1.807, 2.05) is 17.8 Å². The van der Waals surface area contributed by atoms with E-state index in [1.54, 1.807) is 13.1 Å². The number of aryl methyl sites for hydroxylation is 2. The number of rotatable bonds is 2. The lowest BCUT2D eigenvalue weighted by molar-refractivity contribution is 0.660. The van der Waals surface area contributed by atoms with Gasteiger partial charge in [0.25, 0.3) is 5.56 Å². The summed E-state index contributed by atoms with van der Waals surface area (Å²) in [6, 6.07) is 0. The van der Waals surface area contributed by atoms with E-state index in [-0.39, 0.29) is 5.56 Å². The molecule has 0 amide bonds. The van der Waals surface area contributed by atoms with Gasteiger partial charge in [-0.15, -0.1) is 0 Å². The molecule has 0 spiro atoms. The van der Waals surface area contributed by atoms with Crippen LogP contribution in [0.25, 0.3) is 0 Å². The normalized spacial score (nSPS) is 10.7. The Hall–Kier alpha value is -1.43. The maximum atomic E-state index is 11.9. The van der Waals surface area contributed by atoms with E-state index in [0.717, 1.165) is 5.82 Å². The van der Waals surface area contributed by atoms with E-state index >= 15 is 0 Å². The predicted octanol–water partition coefficient (Wildman–Crippen LogP) is 1.10. The Morgan fingerprint density at radius 2 is 2.19 bits per heavy atom. The fraction of sp³-hybridized carbons (Fsp3) is 0.300. The molecule has 0 fully saturated rings. The van der Waals surface area contributed by atoms with Gasteiger partial charge in [0.1, 0.15) is 10.3 Å². The smallest absolute Gasteiger partial charge is 0.268 e. The maximum absolute atomic E-state index is 11.9. The third kappa shape index (κ3) is 1.92. The van der Waals surface area contributed by atoms with Crippen LogP contribution >= 0.6 is 15.9 Å². The summed E-state index contributed by atoms with van der Waals surface area (Å²) in [6.45, 7) is 2.21. The summed E-state index contributed by atoms with van der Waals surface area (Å²) >= 11 is 3.23. The van der Waals surface area contributed by atoms with Gasteiger partial charge in [-0.1, -0.05) is 0 Å². The minimum Gasteiger partial charge on any atom is -0.337 e. The molecule has 0 saturated carbocycles. The first-order valence-corrected chi connectivity index (χ1v) is 5.56. The molecule has 0 aliphatic heterocycles. The van der Waals surface area contributed by atoms with E-state index in [0.29, 0.717) is 16.7 Å². The number of nitrogens with zero attached hydrogens (tertiary/aromatic N) is 4. The minimum absolute atomic E-state index is 0.0875. The minimum atomic E-state index is -0.0875. The highest BCUT2D eigenvalue weighted by Crippen LogP contribution is 2.06. The van der Waals surface area contributed by atoms with Crippen molar-refractivity contribution in [2.45, 2.75) is 13.5 Å². The van der Waals surface area contributed by atoms with Crippen molar-refractivity contribution in [1.82, 2.24) is 19.1 Å². The molecule has 5 nitrogen and oxygen atoms in total. The van der Waals surface area contributed by atoms with E-state index < -0.39 is 0 Å². The molecule has 2 heterocycles. The lowest BCUT2D eigenvalue weighted by Gasteiger charge is -2.06. The zero-order chi connectivity index (χ0) is 11.7. The third-order valence-corrected chi connectivity index (χ3v) is 3.30. The van der Waals surface area contributed by atoms with Crippen molar-refractivity contribution < 1.29 is 0 Å². The van der Waals surface area contributed by atoms with Gasteiger partial charge < -0.3 is 4.57 Å². The van der Waals surface area contributed by atoms with Crippen molar-refractivity contribution in [1.29, 1.82) is 0 Å². The van der Waals surface area contributed by atoms with Crippen LogP contribution in [0.1, 0.15) is 11.5 Å². The van der Waals surface area contributed by atoms with Crippen LogP contribution < -0.4 is 5.56 Å². The zero-order valence-electron chi connectivity index (χ0n) is 9.01. The van der Waals surface area contributed by atoms with Crippen LogP contribution in [0.3, 0.4) is 0 Å². The fourth-order valence-corrected chi connectivity index (χ4v) is 1.69. The van der Waals surface area contributed by atoms with Crippen LogP contribution in [0.4, 0.5) is 0 Å². The summed E-state index contributed by atoms with van der Waals surface area (Å²) in [6.07, 6.45) is 5.09. The number of hydrogen-bond donors (Lipinski definition) is 0. The highest BCUT2D eigenvalue weighted by Gasteiger charge is 2.07. The summed E-state index contributed by atoms with van der Waals surface area (Å²) < 4.78 is 3.91. The van der Waals surface area contributed by atoms with Gasteiger partial charge >= 0.3 is 0 Å². The summed E-state index contributed by atoms with van der Waals surface area (Å²) in [5, 5.41) is 0. The standard InChI is InChI=1S/C10H11BrN4O/c1-7-9(11)10(16)15(6-13-7)5-8-12-3-4-14(8)2/h3-4,6H,5H2,1-2H3. The van der Waals surface area contributed by atoms with E-state index in [4.69, 9.17) is 0 Å². The number of aromatic nitrogens is 4. The Bertz CT molecular complexity index is 572. The van der Waals surface area contributed by atoms with Crippen molar-refractivity contribution >= 4 is 15.9 Å². The molecule has 0 aliphatic rings. The second-order valence-electron chi connectivity index (χ2n) is 3.53. The molecule has 0 bridgehead atoms. The van der Waals surface area contributed by atoms with Gasteiger partial charge in [0.2, 0.25) is 0 Å². The van der Waals surface area contributed by atoms with Crippen molar-refractivity contribution in [2.75, 3.05) is 0 Å². The highest BCUT2D eigenvalue weighted by atomic mass is 79.9.